The van der Waals surface area contributed by atoms with Crippen LogP contribution >= 0.6 is 0 Å². The molecule has 1 aliphatic carbocycles. The molecular weight excluding hydrogens is 448 g/mol. The Morgan fingerprint density at radius 1 is 1.00 bits per heavy atom. The molecule has 2 aromatic carbocycles. The molecule has 0 bridgehead atoms. The number of benzene rings is 2. The Balaban J connectivity index is 1.52. The third kappa shape index (κ3) is 7.05. The number of alkyl carbamates (subject to hydrolysis) is 1. The van der Waals surface area contributed by atoms with Crippen molar-refractivity contribution in [1.29, 1.82) is 0 Å². The minimum absolute atomic E-state index is 0.0458. The molecule has 3 N–H and O–H groups in total. The quantitative estimate of drug-likeness (QED) is 0.422. The van der Waals surface area contributed by atoms with E-state index in [2.05, 4.69) is 34.9 Å². The maximum absolute atomic E-state index is 12.4. The Morgan fingerprint density at radius 3 is 2.14 bits per heavy atom. The molecular formula is C27H34N2O6. The van der Waals surface area contributed by atoms with Gasteiger partial charge in [-0.25, -0.2) is 9.59 Å². The smallest absolute Gasteiger partial charge is 0.407 e. The van der Waals surface area contributed by atoms with E-state index in [1.807, 2.05) is 38.1 Å². The topological polar surface area (TPSA) is 114 Å². The SMILES string of the molecule is CCOC(CNC(=O)OCC1c2ccccc2-c2ccccc21)CC(=O)NC(CC(C)C)C(=O)O. The summed E-state index contributed by atoms with van der Waals surface area (Å²) in [6.07, 6.45) is -0.938. The minimum atomic E-state index is -1.07. The highest BCUT2D eigenvalue weighted by atomic mass is 16.5. The van der Waals surface area contributed by atoms with Crippen LogP contribution in [0.3, 0.4) is 0 Å². The van der Waals surface area contributed by atoms with Crippen molar-refractivity contribution in [2.45, 2.75) is 51.7 Å². The number of amides is 2. The lowest BCUT2D eigenvalue weighted by atomic mass is 9.98. The Hall–Kier alpha value is -3.39. The number of carbonyl (C=O) groups is 3. The van der Waals surface area contributed by atoms with Gasteiger partial charge in [-0.15, -0.1) is 0 Å². The van der Waals surface area contributed by atoms with E-state index in [-0.39, 0.29) is 31.4 Å². The summed E-state index contributed by atoms with van der Waals surface area (Å²) in [4.78, 5) is 36.3. The average molecular weight is 483 g/mol. The van der Waals surface area contributed by atoms with Crippen LogP contribution in [0.4, 0.5) is 4.79 Å². The van der Waals surface area contributed by atoms with Crippen LogP contribution in [-0.2, 0) is 19.1 Å². The number of carbonyl (C=O) groups excluding carboxylic acids is 2. The van der Waals surface area contributed by atoms with Gasteiger partial charge in [0.2, 0.25) is 5.91 Å². The van der Waals surface area contributed by atoms with Crippen molar-refractivity contribution < 1.29 is 29.0 Å². The van der Waals surface area contributed by atoms with Crippen molar-refractivity contribution in [3.8, 4) is 11.1 Å². The Morgan fingerprint density at radius 2 is 1.60 bits per heavy atom. The predicted molar refractivity (Wildman–Crippen MR) is 132 cm³/mol. The number of hydrogen-bond acceptors (Lipinski definition) is 5. The summed E-state index contributed by atoms with van der Waals surface area (Å²) in [7, 11) is 0. The first-order valence-electron chi connectivity index (χ1n) is 12.0. The third-order valence-electron chi connectivity index (χ3n) is 5.97. The fraction of sp³-hybridized carbons (Fsp3) is 0.444. The fourth-order valence-electron chi connectivity index (χ4n) is 4.43. The highest BCUT2D eigenvalue weighted by Gasteiger charge is 2.29. The molecule has 8 heteroatoms. The number of carboxylic acids is 1. The standard InChI is InChI=1S/C27H34N2O6/c1-4-34-18(14-25(30)29-24(26(31)32)13-17(2)3)15-28-27(33)35-16-23-21-11-7-5-9-19(21)20-10-6-8-12-22(20)23/h5-12,17-18,23-24H,4,13-16H2,1-3H3,(H,28,33)(H,29,30)(H,31,32). The predicted octanol–water partition coefficient (Wildman–Crippen LogP) is 3.94. The van der Waals surface area contributed by atoms with Crippen LogP contribution in [0, 0.1) is 5.92 Å². The molecule has 2 atom stereocenters. The van der Waals surface area contributed by atoms with E-state index in [4.69, 9.17) is 9.47 Å². The van der Waals surface area contributed by atoms with Crippen LogP contribution in [0.2, 0.25) is 0 Å². The molecule has 0 heterocycles. The van der Waals surface area contributed by atoms with Crippen LogP contribution < -0.4 is 10.6 Å². The van der Waals surface area contributed by atoms with Gasteiger partial charge in [0.15, 0.2) is 0 Å². The lowest BCUT2D eigenvalue weighted by Crippen LogP contribution is -2.44. The van der Waals surface area contributed by atoms with E-state index < -0.39 is 30.1 Å². The summed E-state index contributed by atoms with van der Waals surface area (Å²) in [5.41, 5.74) is 4.55. The summed E-state index contributed by atoms with van der Waals surface area (Å²) >= 11 is 0. The second-order valence-corrected chi connectivity index (χ2v) is 9.08. The van der Waals surface area contributed by atoms with Crippen molar-refractivity contribution in [3.63, 3.8) is 0 Å². The Labute approximate surface area is 206 Å². The Bertz CT molecular complexity index is 992. The number of hydrogen-bond donors (Lipinski definition) is 3. The van der Waals surface area contributed by atoms with Crippen LogP contribution in [-0.4, -0.2) is 55.0 Å². The van der Waals surface area contributed by atoms with Gasteiger partial charge in [-0.1, -0.05) is 62.4 Å². The van der Waals surface area contributed by atoms with E-state index in [1.54, 1.807) is 6.92 Å². The number of rotatable bonds is 12. The zero-order valence-corrected chi connectivity index (χ0v) is 20.5. The number of nitrogens with one attached hydrogen (secondary N) is 2. The van der Waals surface area contributed by atoms with Crippen molar-refractivity contribution in [3.05, 3.63) is 59.7 Å². The van der Waals surface area contributed by atoms with Crippen LogP contribution in [0.25, 0.3) is 11.1 Å². The molecule has 3 rings (SSSR count). The van der Waals surface area contributed by atoms with Gasteiger partial charge < -0.3 is 25.2 Å². The first-order chi connectivity index (χ1) is 16.8. The molecule has 2 aromatic rings. The fourth-order valence-corrected chi connectivity index (χ4v) is 4.43. The average Bonchev–Trinajstić information content (AvgIpc) is 3.14. The molecule has 0 saturated carbocycles. The van der Waals surface area contributed by atoms with Gasteiger partial charge in [-0.3, -0.25) is 4.79 Å². The molecule has 0 fully saturated rings. The molecule has 8 nitrogen and oxygen atoms in total. The summed E-state index contributed by atoms with van der Waals surface area (Å²) in [5.74, 6) is -1.44. The maximum Gasteiger partial charge on any atom is 0.407 e. The van der Waals surface area contributed by atoms with Crippen LogP contribution in [0.1, 0.15) is 50.7 Å². The van der Waals surface area contributed by atoms with E-state index in [0.717, 1.165) is 22.3 Å². The van der Waals surface area contributed by atoms with E-state index in [9.17, 15) is 19.5 Å². The van der Waals surface area contributed by atoms with Crippen LogP contribution in [0.15, 0.2) is 48.5 Å². The molecule has 1 aliphatic rings. The number of carboxylic acid groups (broad SMARTS) is 1. The zero-order valence-electron chi connectivity index (χ0n) is 20.5. The normalized spacial score (nSPS) is 14.1. The lowest BCUT2D eigenvalue weighted by Gasteiger charge is -2.20. The Kier molecular flexibility index (Phi) is 9.25. The van der Waals surface area contributed by atoms with Gasteiger partial charge in [0.25, 0.3) is 0 Å². The van der Waals surface area contributed by atoms with Crippen LogP contribution in [0.5, 0.6) is 0 Å². The molecule has 2 amide bonds. The van der Waals surface area contributed by atoms with Crippen molar-refractivity contribution >= 4 is 18.0 Å². The molecule has 0 spiro atoms. The summed E-state index contributed by atoms with van der Waals surface area (Å²) < 4.78 is 11.1. The van der Waals surface area contributed by atoms with Gasteiger partial charge in [-0.2, -0.15) is 0 Å². The summed E-state index contributed by atoms with van der Waals surface area (Å²) in [6, 6.07) is 15.2. The lowest BCUT2D eigenvalue weighted by molar-refractivity contribution is -0.142. The van der Waals surface area contributed by atoms with Gasteiger partial charge in [0, 0.05) is 19.1 Å². The molecule has 0 radical (unpaired) electrons. The molecule has 0 saturated heterocycles. The molecule has 35 heavy (non-hydrogen) atoms. The monoisotopic (exact) mass is 482 g/mol. The largest absolute Gasteiger partial charge is 0.480 e. The highest BCUT2D eigenvalue weighted by molar-refractivity contribution is 5.84. The number of aliphatic carboxylic acids is 1. The first-order valence-corrected chi connectivity index (χ1v) is 12.0. The second-order valence-electron chi connectivity index (χ2n) is 9.08. The van der Waals surface area contributed by atoms with Crippen molar-refractivity contribution in [1.82, 2.24) is 10.6 Å². The molecule has 0 aromatic heterocycles. The van der Waals surface area contributed by atoms with Gasteiger partial charge in [0.1, 0.15) is 12.6 Å². The highest BCUT2D eigenvalue weighted by Crippen LogP contribution is 2.44. The zero-order chi connectivity index (χ0) is 25.4. The third-order valence-corrected chi connectivity index (χ3v) is 5.97. The van der Waals surface area contributed by atoms with Gasteiger partial charge in [-0.05, 0) is 41.5 Å². The van der Waals surface area contributed by atoms with E-state index in [0.29, 0.717) is 13.0 Å². The van der Waals surface area contributed by atoms with E-state index >= 15 is 0 Å². The second kappa shape index (κ2) is 12.4. The molecule has 188 valence electrons. The van der Waals surface area contributed by atoms with Gasteiger partial charge in [0.05, 0.1) is 12.5 Å². The first kappa shape index (κ1) is 26.2. The summed E-state index contributed by atoms with van der Waals surface area (Å²) in [6.45, 7) is 6.18. The number of fused-ring (bicyclic) bond motifs is 3. The summed E-state index contributed by atoms with van der Waals surface area (Å²) in [5, 5.41) is 14.6. The maximum atomic E-state index is 12.4. The van der Waals surface area contributed by atoms with Crippen molar-refractivity contribution in [2.24, 2.45) is 5.92 Å². The van der Waals surface area contributed by atoms with Crippen molar-refractivity contribution in [2.75, 3.05) is 19.8 Å². The van der Waals surface area contributed by atoms with Gasteiger partial charge >= 0.3 is 12.1 Å². The molecule has 0 aliphatic heterocycles. The number of ether oxygens (including phenoxy) is 2. The minimum Gasteiger partial charge on any atom is -0.480 e. The van der Waals surface area contributed by atoms with E-state index in [1.165, 1.54) is 0 Å². The molecule has 2 unspecified atom stereocenters.